The quantitative estimate of drug-likeness (QED) is 0.883. The molecule has 0 aliphatic carbocycles. The van der Waals surface area contributed by atoms with Crippen molar-refractivity contribution in [1.82, 2.24) is 25.1 Å². The third-order valence-corrected chi connectivity index (χ3v) is 3.40. The molecule has 0 saturated heterocycles. The molecule has 1 N–H and O–H groups in total. The molecule has 7 heteroatoms. The number of hydrogen-bond donors (Lipinski definition) is 1. The van der Waals surface area contributed by atoms with Crippen molar-refractivity contribution < 1.29 is 4.79 Å². The van der Waals surface area contributed by atoms with Gasteiger partial charge in [-0.2, -0.15) is 9.61 Å². The van der Waals surface area contributed by atoms with E-state index in [1.165, 1.54) is 11.3 Å². The summed E-state index contributed by atoms with van der Waals surface area (Å²) < 4.78 is 1.73. The fraction of sp³-hybridized carbons (Fsp3) is 0.636. The number of nitrogens with one attached hydrogen (secondary N) is 1. The second kappa shape index (κ2) is 5.43. The number of fused-ring (bicyclic) bond motifs is 1. The van der Waals surface area contributed by atoms with Crippen LogP contribution in [0.5, 0.6) is 0 Å². The maximum absolute atomic E-state index is 11.5. The van der Waals surface area contributed by atoms with Crippen LogP contribution in [0.25, 0.3) is 4.96 Å². The van der Waals surface area contributed by atoms with E-state index < -0.39 is 0 Å². The van der Waals surface area contributed by atoms with Crippen LogP contribution >= 0.6 is 11.3 Å². The SMILES string of the molecule is Cc1nnc2sc(CCNC(=O)CC(C)C)nn12. The Balaban J connectivity index is 1.85. The molecule has 98 valence electrons. The van der Waals surface area contributed by atoms with Crippen LogP contribution in [0.4, 0.5) is 0 Å². The molecule has 0 radical (unpaired) electrons. The average molecular weight is 267 g/mol. The molecule has 0 spiro atoms. The number of rotatable bonds is 5. The Bertz CT molecular complexity index is 545. The van der Waals surface area contributed by atoms with Crippen molar-refractivity contribution in [2.75, 3.05) is 6.54 Å². The van der Waals surface area contributed by atoms with Gasteiger partial charge >= 0.3 is 0 Å². The Hall–Kier alpha value is -1.50. The van der Waals surface area contributed by atoms with E-state index in [1.807, 2.05) is 20.8 Å². The summed E-state index contributed by atoms with van der Waals surface area (Å²) in [6.45, 7) is 6.55. The molecule has 0 aliphatic rings. The van der Waals surface area contributed by atoms with Gasteiger partial charge in [0.25, 0.3) is 0 Å². The normalized spacial score (nSPS) is 11.3. The van der Waals surface area contributed by atoms with Gasteiger partial charge < -0.3 is 5.32 Å². The van der Waals surface area contributed by atoms with Crippen LogP contribution in [0.1, 0.15) is 31.1 Å². The zero-order valence-corrected chi connectivity index (χ0v) is 11.6. The predicted octanol–water partition coefficient (Wildman–Crippen LogP) is 1.20. The molecule has 0 unspecified atom stereocenters. The van der Waals surface area contributed by atoms with Crippen LogP contribution in [-0.2, 0) is 11.2 Å². The van der Waals surface area contributed by atoms with Crippen LogP contribution in [0.3, 0.4) is 0 Å². The molecule has 0 fully saturated rings. The van der Waals surface area contributed by atoms with Gasteiger partial charge in [-0.3, -0.25) is 4.79 Å². The van der Waals surface area contributed by atoms with Crippen LogP contribution in [0, 0.1) is 12.8 Å². The van der Waals surface area contributed by atoms with Gasteiger partial charge in [0.2, 0.25) is 10.9 Å². The molecule has 2 aromatic rings. The molecular formula is C11H17N5OS. The number of carbonyl (C=O) groups excluding carboxylic acids is 1. The Morgan fingerprint density at radius 1 is 1.44 bits per heavy atom. The molecule has 0 aliphatic heterocycles. The van der Waals surface area contributed by atoms with Gasteiger partial charge in [0.1, 0.15) is 5.01 Å². The monoisotopic (exact) mass is 267 g/mol. The minimum atomic E-state index is 0.101. The van der Waals surface area contributed by atoms with Crippen LogP contribution in [0.15, 0.2) is 0 Å². The molecule has 1 amide bonds. The van der Waals surface area contributed by atoms with Gasteiger partial charge in [0, 0.05) is 19.4 Å². The second-order valence-electron chi connectivity index (χ2n) is 4.64. The summed E-state index contributed by atoms with van der Waals surface area (Å²) in [5.74, 6) is 1.28. The first-order valence-electron chi connectivity index (χ1n) is 6.00. The lowest BCUT2D eigenvalue weighted by molar-refractivity contribution is -0.121. The molecule has 0 bridgehead atoms. The fourth-order valence-corrected chi connectivity index (χ4v) is 2.49. The topological polar surface area (TPSA) is 72.2 Å². The standard InChI is InChI=1S/C11H17N5OS/c1-7(2)6-9(17)12-5-4-10-15-16-8(3)13-14-11(16)18-10/h7H,4-6H2,1-3H3,(H,12,17). The largest absolute Gasteiger partial charge is 0.356 e. The molecule has 18 heavy (non-hydrogen) atoms. The number of aromatic nitrogens is 4. The Labute approximate surface area is 109 Å². The molecule has 0 saturated carbocycles. The molecule has 2 heterocycles. The number of aryl methyl sites for hydroxylation is 1. The first-order valence-corrected chi connectivity index (χ1v) is 6.82. The summed E-state index contributed by atoms with van der Waals surface area (Å²) in [6.07, 6.45) is 1.31. The summed E-state index contributed by atoms with van der Waals surface area (Å²) in [4.78, 5) is 12.3. The summed E-state index contributed by atoms with van der Waals surface area (Å²) >= 11 is 1.51. The zero-order valence-electron chi connectivity index (χ0n) is 10.8. The third-order valence-electron chi connectivity index (χ3n) is 2.44. The molecular weight excluding hydrogens is 250 g/mol. The first-order chi connectivity index (χ1) is 8.56. The minimum absolute atomic E-state index is 0.101. The fourth-order valence-electron chi connectivity index (χ4n) is 1.61. The second-order valence-corrected chi connectivity index (χ2v) is 5.68. The summed E-state index contributed by atoms with van der Waals surface area (Å²) in [7, 11) is 0. The van der Waals surface area contributed by atoms with Gasteiger partial charge in [0.05, 0.1) is 0 Å². The number of amides is 1. The van der Waals surface area contributed by atoms with Crippen molar-refractivity contribution in [1.29, 1.82) is 0 Å². The summed E-state index contributed by atoms with van der Waals surface area (Å²) in [5.41, 5.74) is 0. The van der Waals surface area contributed by atoms with Gasteiger partial charge in [-0.15, -0.1) is 10.2 Å². The number of nitrogens with zero attached hydrogens (tertiary/aromatic N) is 4. The van der Waals surface area contributed by atoms with Crippen molar-refractivity contribution >= 4 is 22.2 Å². The van der Waals surface area contributed by atoms with E-state index in [0.717, 1.165) is 22.2 Å². The van der Waals surface area contributed by atoms with Gasteiger partial charge in [-0.1, -0.05) is 25.2 Å². The first kappa shape index (κ1) is 12.9. The average Bonchev–Trinajstić information content (AvgIpc) is 2.80. The van der Waals surface area contributed by atoms with Crippen LogP contribution < -0.4 is 5.32 Å². The maximum atomic E-state index is 11.5. The van der Waals surface area contributed by atoms with E-state index in [-0.39, 0.29) is 5.91 Å². The van der Waals surface area contributed by atoms with Crippen LogP contribution in [-0.4, -0.2) is 32.3 Å². The predicted molar refractivity (Wildman–Crippen MR) is 69.6 cm³/mol. The van der Waals surface area contributed by atoms with Gasteiger partial charge in [0.15, 0.2) is 5.82 Å². The number of carbonyl (C=O) groups is 1. The van der Waals surface area contributed by atoms with E-state index in [9.17, 15) is 4.79 Å². The maximum Gasteiger partial charge on any atom is 0.234 e. The lowest BCUT2D eigenvalue weighted by atomic mass is 10.1. The van der Waals surface area contributed by atoms with E-state index in [4.69, 9.17) is 0 Å². The highest BCUT2D eigenvalue weighted by molar-refractivity contribution is 7.16. The molecule has 0 aromatic carbocycles. The molecule has 6 nitrogen and oxygen atoms in total. The van der Waals surface area contributed by atoms with Gasteiger partial charge in [-0.25, -0.2) is 0 Å². The van der Waals surface area contributed by atoms with Crippen molar-refractivity contribution in [2.45, 2.75) is 33.6 Å². The minimum Gasteiger partial charge on any atom is -0.356 e. The van der Waals surface area contributed by atoms with Gasteiger partial charge in [-0.05, 0) is 12.8 Å². The highest BCUT2D eigenvalue weighted by Crippen LogP contribution is 2.13. The Morgan fingerprint density at radius 2 is 2.22 bits per heavy atom. The molecule has 2 rings (SSSR count). The van der Waals surface area contributed by atoms with Crippen molar-refractivity contribution in [2.24, 2.45) is 5.92 Å². The molecule has 2 aromatic heterocycles. The lowest BCUT2D eigenvalue weighted by Crippen LogP contribution is -2.26. The summed E-state index contributed by atoms with van der Waals surface area (Å²) in [6, 6.07) is 0. The summed E-state index contributed by atoms with van der Waals surface area (Å²) in [5, 5.41) is 16.2. The van der Waals surface area contributed by atoms with E-state index in [1.54, 1.807) is 4.52 Å². The van der Waals surface area contributed by atoms with E-state index in [0.29, 0.717) is 18.9 Å². The van der Waals surface area contributed by atoms with Crippen molar-refractivity contribution in [3.05, 3.63) is 10.8 Å². The smallest absolute Gasteiger partial charge is 0.234 e. The highest BCUT2D eigenvalue weighted by atomic mass is 32.1. The lowest BCUT2D eigenvalue weighted by Gasteiger charge is -2.05. The Morgan fingerprint density at radius 3 is 2.89 bits per heavy atom. The van der Waals surface area contributed by atoms with Crippen LogP contribution in [0.2, 0.25) is 0 Å². The molecule has 0 atom stereocenters. The van der Waals surface area contributed by atoms with Crippen molar-refractivity contribution in [3.63, 3.8) is 0 Å². The van der Waals surface area contributed by atoms with Crippen molar-refractivity contribution in [3.8, 4) is 0 Å². The highest BCUT2D eigenvalue weighted by Gasteiger charge is 2.09. The van der Waals surface area contributed by atoms with E-state index in [2.05, 4.69) is 20.6 Å². The van der Waals surface area contributed by atoms with E-state index >= 15 is 0 Å². The Kier molecular flexibility index (Phi) is 3.90. The zero-order chi connectivity index (χ0) is 13.1. The third kappa shape index (κ3) is 3.04. The number of hydrogen-bond acceptors (Lipinski definition) is 5.